The van der Waals surface area contributed by atoms with Crippen molar-refractivity contribution < 1.29 is 0 Å². The largest absolute Gasteiger partial charge is 0.314 e. The maximum atomic E-state index is 3.51. The Labute approximate surface area is 83.3 Å². The molecule has 1 unspecified atom stereocenters. The molecule has 0 amide bonds. The molecule has 1 N–H and O–H groups in total. The standard InChI is InChI=1S/C12H23N/c1-4-7-8-9-11-12(10-5-2)13-6-3/h12-13H,5-6,8-11H2,1-3H3. The molecular weight excluding hydrogens is 158 g/mol. The van der Waals surface area contributed by atoms with Crippen molar-refractivity contribution in [1.82, 2.24) is 5.32 Å². The summed E-state index contributed by atoms with van der Waals surface area (Å²) in [5.74, 6) is 6.05. The van der Waals surface area contributed by atoms with Crippen LogP contribution < -0.4 is 5.32 Å². The zero-order valence-electron chi connectivity index (χ0n) is 9.32. The molecule has 0 aliphatic rings. The van der Waals surface area contributed by atoms with E-state index in [0.29, 0.717) is 6.04 Å². The third-order valence-electron chi connectivity index (χ3n) is 2.16. The third kappa shape index (κ3) is 7.87. The molecule has 0 bridgehead atoms. The normalized spacial score (nSPS) is 11.9. The van der Waals surface area contributed by atoms with Crippen molar-refractivity contribution in [3.63, 3.8) is 0 Å². The van der Waals surface area contributed by atoms with Crippen molar-refractivity contribution in [2.75, 3.05) is 6.54 Å². The Balaban J connectivity index is 3.47. The Morgan fingerprint density at radius 3 is 2.54 bits per heavy atom. The first kappa shape index (κ1) is 12.5. The summed E-state index contributed by atoms with van der Waals surface area (Å²) in [4.78, 5) is 0. The maximum Gasteiger partial charge on any atom is 0.00891 e. The zero-order chi connectivity index (χ0) is 9.94. The molecule has 0 saturated carbocycles. The van der Waals surface area contributed by atoms with E-state index in [1.807, 2.05) is 6.92 Å². The van der Waals surface area contributed by atoms with Crippen LogP contribution in [0, 0.1) is 11.8 Å². The molecular formula is C12H23N. The Morgan fingerprint density at radius 2 is 2.00 bits per heavy atom. The molecule has 0 fully saturated rings. The van der Waals surface area contributed by atoms with Crippen LogP contribution in [0.2, 0.25) is 0 Å². The van der Waals surface area contributed by atoms with Gasteiger partial charge in [0, 0.05) is 12.5 Å². The summed E-state index contributed by atoms with van der Waals surface area (Å²) < 4.78 is 0. The highest BCUT2D eigenvalue weighted by Crippen LogP contribution is 2.06. The van der Waals surface area contributed by atoms with E-state index in [2.05, 4.69) is 31.0 Å². The summed E-state index contributed by atoms with van der Waals surface area (Å²) in [5.41, 5.74) is 0. The second-order valence-electron chi connectivity index (χ2n) is 3.36. The maximum absolute atomic E-state index is 3.51. The fourth-order valence-corrected chi connectivity index (χ4v) is 1.55. The first-order valence-corrected chi connectivity index (χ1v) is 5.48. The molecule has 0 aliphatic carbocycles. The Hall–Kier alpha value is -0.480. The molecule has 1 nitrogen and oxygen atoms in total. The van der Waals surface area contributed by atoms with E-state index in [4.69, 9.17) is 0 Å². The summed E-state index contributed by atoms with van der Waals surface area (Å²) >= 11 is 0. The van der Waals surface area contributed by atoms with Crippen LogP contribution in [0.15, 0.2) is 0 Å². The van der Waals surface area contributed by atoms with Gasteiger partial charge in [0.15, 0.2) is 0 Å². The van der Waals surface area contributed by atoms with E-state index >= 15 is 0 Å². The first-order chi connectivity index (χ1) is 6.35. The van der Waals surface area contributed by atoms with Crippen molar-refractivity contribution in [1.29, 1.82) is 0 Å². The summed E-state index contributed by atoms with van der Waals surface area (Å²) in [6.45, 7) is 7.42. The van der Waals surface area contributed by atoms with E-state index in [1.165, 1.54) is 25.7 Å². The second-order valence-corrected chi connectivity index (χ2v) is 3.36. The lowest BCUT2D eigenvalue weighted by molar-refractivity contribution is 0.450. The molecule has 1 heteroatoms. The molecule has 0 rings (SSSR count). The smallest absolute Gasteiger partial charge is 0.00891 e. The highest BCUT2D eigenvalue weighted by atomic mass is 14.9. The van der Waals surface area contributed by atoms with E-state index in [0.717, 1.165) is 13.0 Å². The minimum Gasteiger partial charge on any atom is -0.314 e. The fraction of sp³-hybridized carbons (Fsp3) is 0.833. The van der Waals surface area contributed by atoms with Crippen LogP contribution in [0.1, 0.15) is 52.9 Å². The van der Waals surface area contributed by atoms with Gasteiger partial charge < -0.3 is 5.32 Å². The van der Waals surface area contributed by atoms with Gasteiger partial charge in [0.2, 0.25) is 0 Å². The molecule has 0 spiro atoms. The average molecular weight is 181 g/mol. The van der Waals surface area contributed by atoms with Gasteiger partial charge in [-0.3, -0.25) is 0 Å². The van der Waals surface area contributed by atoms with Gasteiger partial charge in [0.05, 0.1) is 0 Å². The van der Waals surface area contributed by atoms with Crippen molar-refractivity contribution in [2.24, 2.45) is 0 Å². The number of hydrogen-bond donors (Lipinski definition) is 1. The molecule has 0 aliphatic heterocycles. The predicted molar refractivity (Wildman–Crippen MR) is 59.7 cm³/mol. The molecule has 13 heavy (non-hydrogen) atoms. The van der Waals surface area contributed by atoms with Crippen molar-refractivity contribution in [3.8, 4) is 11.8 Å². The molecule has 76 valence electrons. The fourth-order valence-electron chi connectivity index (χ4n) is 1.55. The zero-order valence-corrected chi connectivity index (χ0v) is 9.32. The van der Waals surface area contributed by atoms with E-state index < -0.39 is 0 Å². The molecule has 0 aromatic carbocycles. The monoisotopic (exact) mass is 181 g/mol. The molecule has 1 atom stereocenters. The van der Waals surface area contributed by atoms with Crippen molar-refractivity contribution in [3.05, 3.63) is 0 Å². The van der Waals surface area contributed by atoms with E-state index in [-0.39, 0.29) is 0 Å². The van der Waals surface area contributed by atoms with Gasteiger partial charge in [0.25, 0.3) is 0 Å². The lowest BCUT2D eigenvalue weighted by atomic mass is 10.1. The van der Waals surface area contributed by atoms with E-state index in [9.17, 15) is 0 Å². The van der Waals surface area contributed by atoms with Crippen molar-refractivity contribution in [2.45, 2.75) is 58.9 Å². The summed E-state index contributed by atoms with van der Waals surface area (Å²) in [7, 11) is 0. The summed E-state index contributed by atoms with van der Waals surface area (Å²) in [6, 6.07) is 0.716. The van der Waals surface area contributed by atoms with Crippen LogP contribution in [0.3, 0.4) is 0 Å². The van der Waals surface area contributed by atoms with Gasteiger partial charge in [-0.1, -0.05) is 20.3 Å². The molecule has 0 radical (unpaired) electrons. The quantitative estimate of drug-likeness (QED) is 0.470. The summed E-state index contributed by atoms with van der Waals surface area (Å²) in [5, 5.41) is 3.51. The van der Waals surface area contributed by atoms with Crippen LogP contribution in [0.4, 0.5) is 0 Å². The Morgan fingerprint density at radius 1 is 1.23 bits per heavy atom. The van der Waals surface area contributed by atoms with Crippen LogP contribution in [-0.2, 0) is 0 Å². The van der Waals surface area contributed by atoms with E-state index in [1.54, 1.807) is 0 Å². The highest BCUT2D eigenvalue weighted by molar-refractivity contribution is 4.94. The van der Waals surface area contributed by atoms with Crippen LogP contribution in [0.5, 0.6) is 0 Å². The molecule has 0 heterocycles. The molecule has 0 saturated heterocycles. The number of unbranched alkanes of at least 4 members (excludes halogenated alkanes) is 1. The lowest BCUT2D eigenvalue weighted by Crippen LogP contribution is -2.28. The number of nitrogens with one attached hydrogen (secondary N) is 1. The topological polar surface area (TPSA) is 12.0 Å². The van der Waals surface area contributed by atoms with Gasteiger partial charge in [-0.05, 0) is 32.7 Å². The summed E-state index contributed by atoms with van der Waals surface area (Å²) in [6.07, 6.45) is 6.14. The lowest BCUT2D eigenvalue weighted by Gasteiger charge is -2.15. The molecule has 0 aromatic heterocycles. The average Bonchev–Trinajstić information content (AvgIpc) is 2.13. The van der Waals surface area contributed by atoms with Gasteiger partial charge in [-0.15, -0.1) is 11.8 Å². The van der Waals surface area contributed by atoms with Crippen LogP contribution in [-0.4, -0.2) is 12.6 Å². The SMILES string of the molecule is CC#CCCCC(CCC)NCC. The number of hydrogen-bond acceptors (Lipinski definition) is 1. The van der Waals surface area contributed by atoms with Crippen LogP contribution >= 0.6 is 0 Å². The highest BCUT2D eigenvalue weighted by Gasteiger charge is 2.03. The Kier molecular flexibility index (Phi) is 9.25. The first-order valence-electron chi connectivity index (χ1n) is 5.48. The predicted octanol–water partition coefficient (Wildman–Crippen LogP) is 2.96. The minimum atomic E-state index is 0.716. The van der Waals surface area contributed by atoms with Crippen molar-refractivity contribution >= 4 is 0 Å². The second kappa shape index (κ2) is 9.61. The number of rotatable bonds is 7. The third-order valence-corrected chi connectivity index (χ3v) is 2.16. The van der Waals surface area contributed by atoms with Gasteiger partial charge in [-0.2, -0.15) is 0 Å². The van der Waals surface area contributed by atoms with Crippen LogP contribution in [0.25, 0.3) is 0 Å². The Bertz CT molecular complexity index is 146. The van der Waals surface area contributed by atoms with Gasteiger partial charge in [0.1, 0.15) is 0 Å². The minimum absolute atomic E-state index is 0.716. The van der Waals surface area contributed by atoms with Gasteiger partial charge >= 0.3 is 0 Å². The van der Waals surface area contributed by atoms with Gasteiger partial charge in [-0.25, -0.2) is 0 Å². The molecule has 0 aromatic rings.